The van der Waals surface area contributed by atoms with Crippen molar-refractivity contribution in [3.05, 3.63) is 68.8 Å². The lowest BCUT2D eigenvalue weighted by Gasteiger charge is -2.19. The molecule has 21 heavy (non-hydrogen) atoms. The summed E-state index contributed by atoms with van der Waals surface area (Å²) in [4.78, 5) is 1.35. The number of halogens is 1. The molecular weight excluding hydrogens is 342 g/mol. The van der Waals surface area contributed by atoms with Gasteiger partial charge in [0.2, 0.25) is 0 Å². The van der Waals surface area contributed by atoms with Crippen LogP contribution in [0.25, 0.3) is 10.8 Å². The Morgan fingerprint density at radius 3 is 2.71 bits per heavy atom. The quantitative estimate of drug-likeness (QED) is 0.611. The summed E-state index contributed by atoms with van der Waals surface area (Å²) in [6, 6.07) is 17.7. The molecule has 3 aromatic rings. The average Bonchev–Trinajstić information content (AvgIpc) is 2.94. The van der Waals surface area contributed by atoms with Crippen molar-refractivity contribution in [1.82, 2.24) is 5.32 Å². The van der Waals surface area contributed by atoms with E-state index in [4.69, 9.17) is 0 Å². The lowest BCUT2D eigenvalue weighted by Crippen LogP contribution is -2.22. The molecule has 0 amide bonds. The van der Waals surface area contributed by atoms with Crippen molar-refractivity contribution in [3.63, 3.8) is 0 Å². The fraction of sp³-hybridized carbons (Fsp3) is 0.222. The topological polar surface area (TPSA) is 12.0 Å². The Morgan fingerprint density at radius 2 is 1.95 bits per heavy atom. The number of nitrogens with one attached hydrogen (secondary N) is 1. The first kappa shape index (κ1) is 14.8. The predicted molar refractivity (Wildman–Crippen MR) is 96.1 cm³/mol. The molecule has 1 unspecified atom stereocenters. The molecule has 3 heteroatoms. The Hall–Kier alpha value is -1.16. The molecule has 1 N–H and O–H groups in total. The maximum Gasteiger partial charge on any atom is 0.0677 e. The highest BCUT2D eigenvalue weighted by atomic mass is 79.9. The van der Waals surface area contributed by atoms with Crippen molar-refractivity contribution in [2.45, 2.75) is 19.4 Å². The van der Waals surface area contributed by atoms with Crippen LogP contribution in [0.15, 0.2) is 58.4 Å². The molecule has 0 bridgehead atoms. The number of hydrogen-bond donors (Lipinski definition) is 1. The van der Waals surface area contributed by atoms with Gasteiger partial charge in [0.25, 0.3) is 0 Å². The Balaban J connectivity index is 2.09. The van der Waals surface area contributed by atoms with Gasteiger partial charge in [-0.3, -0.25) is 0 Å². The van der Waals surface area contributed by atoms with Gasteiger partial charge in [0.1, 0.15) is 0 Å². The summed E-state index contributed by atoms with van der Waals surface area (Å²) in [5.41, 5.74) is 1.36. The minimum Gasteiger partial charge on any atom is -0.306 e. The van der Waals surface area contributed by atoms with Gasteiger partial charge < -0.3 is 5.32 Å². The summed E-state index contributed by atoms with van der Waals surface area (Å²) < 4.78 is 1.16. The van der Waals surface area contributed by atoms with E-state index >= 15 is 0 Å². The summed E-state index contributed by atoms with van der Waals surface area (Å²) in [7, 11) is 0. The summed E-state index contributed by atoms with van der Waals surface area (Å²) >= 11 is 5.38. The second kappa shape index (κ2) is 6.73. The van der Waals surface area contributed by atoms with Crippen molar-refractivity contribution in [3.8, 4) is 0 Å². The van der Waals surface area contributed by atoms with E-state index in [1.165, 1.54) is 21.2 Å². The first-order valence-electron chi connectivity index (χ1n) is 7.24. The maximum absolute atomic E-state index is 3.70. The van der Waals surface area contributed by atoms with Crippen LogP contribution < -0.4 is 5.32 Å². The van der Waals surface area contributed by atoms with Gasteiger partial charge in [0.15, 0.2) is 0 Å². The van der Waals surface area contributed by atoms with Gasteiger partial charge in [-0.15, -0.1) is 11.3 Å². The van der Waals surface area contributed by atoms with Gasteiger partial charge in [0, 0.05) is 14.7 Å². The van der Waals surface area contributed by atoms with Gasteiger partial charge in [-0.05, 0) is 51.3 Å². The van der Waals surface area contributed by atoms with Crippen LogP contribution in [0, 0.1) is 0 Å². The SMILES string of the molecule is CCCNC(c1cc(Br)cs1)c1cccc2ccccc12. The minimum atomic E-state index is 0.257. The Kier molecular flexibility index (Phi) is 4.73. The van der Waals surface area contributed by atoms with E-state index in [0.29, 0.717) is 0 Å². The lowest BCUT2D eigenvalue weighted by molar-refractivity contribution is 0.609. The second-order valence-electron chi connectivity index (χ2n) is 5.12. The molecule has 0 radical (unpaired) electrons. The van der Waals surface area contributed by atoms with E-state index in [1.807, 2.05) is 0 Å². The monoisotopic (exact) mass is 359 g/mol. The summed E-state index contributed by atoms with van der Waals surface area (Å²) in [6.07, 6.45) is 1.13. The van der Waals surface area contributed by atoms with Crippen LogP contribution in [0.4, 0.5) is 0 Å². The van der Waals surface area contributed by atoms with E-state index in [1.54, 1.807) is 11.3 Å². The summed E-state index contributed by atoms with van der Waals surface area (Å²) in [5, 5.41) is 8.48. The number of hydrogen-bond acceptors (Lipinski definition) is 2. The standard InChI is InChI=1S/C18H18BrNS/c1-2-10-20-18(17-11-14(19)12-21-17)16-9-5-7-13-6-3-4-8-15(13)16/h3-9,11-12,18,20H,2,10H2,1H3. The zero-order valence-corrected chi connectivity index (χ0v) is 14.4. The first-order chi connectivity index (χ1) is 10.3. The number of fused-ring (bicyclic) bond motifs is 1. The zero-order valence-electron chi connectivity index (χ0n) is 12.0. The Bertz CT molecular complexity index is 729. The second-order valence-corrected chi connectivity index (χ2v) is 6.98. The molecule has 3 rings (SSSR count). The van der Waals surface area contributed by atoms with Crippen LogP contribution >= 0.6 is 27.3 Å². The third-order valence-electron chi connectivity index (χ3n) is 3.61. The van der Waals surface area contributed by atoms with Crippen molar-refractivity contribution < 1.29 is 0 Å². The fourth-order valence-corrected chi connectivity index (χ4v) is 4.17. The smallest absolute Gasteiger partial charge is 0.0677 e. The highest BCUT2D eigenvalue weighted by molar-refractivity contribution is 9.10. The van der Waals surface area contributed by atoms with Gasteiger partial charge >= 0.3 is 0 Å². The molecule has 1 atom stereocenters. The number of rotatable bonds is 5. The molecule has 0 saturated heterocycles. The third-order valence-corrected chi connectivity index (χ3v) is 5.36. The minimum absolute atomic E-state index is 0.257. The molecule has 0 spiro atoms. The molecule has 108 valence electrons. The van der Waals surface area contributed by atoms with E-state index in [0.717, 1.165) is 17.4 Å². The number of benzene rings is 2. The van der Waals surface area contributed by atoms with Gasteiger partial charge in [-0.1, -0.05) is 49.4 Å². The lowest BCUT2D eigenvalue weighted by atomic mass is 9.97. The molecule has 0 aliphatic carbocycles. The molecule has 1 heterocycles. The Morgan fingerprint density at radius 1 is 1.14 bits per heavy atom. The fourth-order valence-electron chi connectivity index (χ4n) is 2.63. The van der Waals surface area contributed by atoms with Crippen LogP contribution in [0.3, 0.4) is 0 Å². The number of thiophene rings is 1. The first-order valence-corrected chi connectivity index (χ1v) is 8.92. The van der Waals surface area contributed by atoms with E-state index < -0.39 is 0 Å². The van der Waals surface area contributed by atoms with Gasteiger partial charge in [-0.25, -0.2) is 0 Å². The molecule has 0 saturated carbocycles. The van der Waals surface area contributed by atoms with Crippen LogP contribution in [0.1, 0.15) is 29.8 Å². The normalized spacial score (nSPS) is 12.7. The van der Waals surface area contributed by atoms with Crippen molar-refractivity contribution >= 4 is 38.0 Å². The molecule has 1 aromatic heterocycles. The van der Waals surface area contributed by atoms with Gasteiger partial charge in [0.05, 0.1) is 6.04 Å². The molecule has 0 aliphatic rings. The van der Waals surface area contributed by atoms with Crippen LogP contribution in [-0.2, 0) is 0 Å². The van der Waals surface area contributed by atoms with Crippen LogP contribution in [0.2, 0.25) is 0 Å². The molecule has 2 aromatic carbocycles. The van der Waals surface area contributed by atoms with Crippen LogP contribution in [0.5, 0.6) is 0 Å². The molecule has 0 aliphatic heterocycles. The molecule has 0 fully saturated rings. The van der Waals surface area contributed by atoms with E-state index in [9.17, 15) is 0 Å². The Labute approximate surface area is 138 Å². The van der Waals surface area contributed by atoms with Crippen molar-refractivity contribution in [2.75, 3.05) is 6.54 Å². The molecule has 1 nitrogen and oxygen atoms in total. The van der Waals surface area contributed by atoms with E-state index in [2.05, 4.69) is 82.1 Å². The predicted octanol–water partition coefficient (Wildman–Crippen LogP) is 5.75. The van der Waals surface area contributed by atoms with Gasteiger partial charge in [-0.2, -0.15) is 0 Å². The third kappa shape index (κ3) is 3.20. The highest BCUT2D eigenvalue weighted by Gasteiger charge is 2.17. The maximum atomic E-state index is 3.70. The summed E-state index contributed by atoms with van der Waals surface area (Å²) in [5.74, 6) is 0. The van der Waals surface area contributed by atoms with E-state index in [-0.39, 0.29) is 6.04 Å². The molecular formula is C18H18BrNS. The zero-order chi connectivity index (χ0) is 14.7. The summed E-state index contributed by atoms with van der Waals surface area (Å²) in [6.45, 7) is 3.22. The van der Waals surface area contributed by atoms with Crippen molar-refractivity contribution in [1.29, 1.82) is 0 Å². The largest absolute Gasteiger partial charge is 0.306 e. The van der Waals surface area contributed by atoms with Crippen molar-refractivity contribution in [2.24, 2.45) is 0 Å². The average molecular weight is 360 g/mol. The highest BCUT2D eigenvalue weighted by Crippen LogP contribution is 2.33. The van der Waals surface area contributed by atoms with Crippen LogP contribution in [-0.4, -0.2) is 6.54 Å².